The highest BCUT2D eigenvalue weighted by Crippen LogP contribution is 2.12. The third-order valence-corrected chi connectivity index (χ3v) is 2.90. The molecule has 4 nitrogen and oxygen atoms in total. The first kappa shape index (κ1) is 16.0. The highest BCUT2D eigenvalue weighted by Gasteiger charge is 2.02. The number of aryl methyl sites for hydroxylation is 1. The molecule has 108 valence electrons. The fourth-order valence-corrected chi connectivity index (χ4v) is 1.86. The molecule has 0 bridgehead atoms. The molecule has 0 aliphatic rings. The quantitative estimate of drug-likeness (QED) is 0.525. The molecule has 0 unspecified atom stereocenters. The van der Waals surface area contributed by atoms with E-state index in [4.69, 9.17) is 16.3 Å². The minimum atomic E-state index is 0.652. The van der Waals surface area contributed by atoms with Gasteiger partial charge in [0.2, 0.25) is 11.8 Å². The van der Waals surface area contributed by atoms with Crippen molar-refractivity contribution in [1.82, 2.24) is 9.97 Å². The second kappa shape index (κ2) is 9.84. The molecule has 0 radical (unpaired) electrons. The minimum Gasteiger partial charge on any atom is -0.478 e. The molecule has 0 spiro atoms. The van der Waals surface area contributed by atoms with E-state index in [1.54, 1.807) is 0 Å². The molecule has 1 aromatic rings. The largest absolute Gasteiger partial charge is 0.478 e. The number of nitrogens with one attached hydrogen (secondary N) is 1. The number of halogens is 1. The van der Waals surface area contributed by atoms with Gasteiger partial charge in [0.15, 0.2) is 0 Å². The summed E-state index contributed by atoms with van der Waals surface area (Å²) in [7, 11) is 0. The fourth-order valence-electron chi connectivity index (χ4n) is 1.67. The van der Waals surface area contributed by atoms with Crippen LogP contribution in [0.2, 0.25) is 0 Å². The van der Waals surface area contributed by atoms with Gasteiger partial charge < -0.3 is 10.1 Å². The van der Waals surface area contributed by atoms with Gasteiger partial charge in [-0.25, -0.2) is 4.98 Å². The van der Waals surface area contributed by atoms with Crippen LogP contribution in [0.3, 0.4) is 0 Å². The number of hydrogen-bond donors (Lipinski definition) is 1. The molecule has 0 aliphatic carbocycles. The van der Waals surface area contributed by atoms with E-state index in [-0.39, 0.29) is 0 Å². The Balaban J connectivity index is 2.34. The number of alkyl halides is 1. The number of hydrogen-bond acceptors (Lipinski definition) is 4. The first-order valence-electron chi connectivity index (χ1n) is 7.04. The van der Waals surface area contributed by atoms with Crippen molar-refractivity contribution in [3.05, 3.63) is 11.8 Å². The highest BCUT2D eigenvalue weighted by molar-refractivity contribution is 6.17. The molecule has 0 amide bonds. The Kier molecular flexibility index (Phi) is 8.30. The number of anilines is 1. The first-order valence-corrected chi connectivity index (χ1v) is 7.58. The van der Waals surface area contributed by atoms with Crippen LogP contribution in [-0.2, 0) is 0 Å². The summed E-state index contributed by atoms with van der Waals surface area (Å²) in [6.07, 6.45) is 5.55. The van der Waals surface area contributed by atoms with Crippen LogP contribution in [0.5, 0.6) is 5.88 Å². The van der Waals surface area contributed by atoms with Crippen molar-refractivity contribution in [3.8, 4) is 5.88 Å². The molecular formula is C14H24ClN3O. The van der Waals surface area contributed by atoms with Crippen LogP contribution in [0.4, 0.5) is 5.95 Å². The number of ether oxygens (including phenoxy) is 1. The average Bonchev–Trinajstić information content (AvgIpc) is 2.40. The lowest BCUT2D eigenvalue weighted by molar-refractivity contribution is 0.305. The van der Waals surface area contributed by atoms with Crippen molar-refractivity contribution < 1.29 is 4.74 Å². The Labute approximate surface area is 120 Å². The third-order valence-electron chi connectivity index (χ3n) is 2.63. The Bertz CT molecular complexity index is 361. The molecule has 0 fully saturated rings. The predicted molar refractivity (Wildman–Crippen MR) is 80.2 cm³/mol. The zero-order valence-corrected chi connectivity index (χ0v) is 12.7. The van der Waals surface area contributed by atoms with Crippen LogP contribution in [-0.4, -0.2) is 29.0 Å². The Morgan fingerprint density at radius 1 is 1.21 bits per heavy atom. The molecule has 1 rings (SSSR count). The summed E-state index contributed by atoms with van der Waals surface area (Å²) in [6, 6.07) is 1.86. The summed E-state index contributed by atoms with van der Waals surface area (Å²) in [5.41, 5.74) is 0.922. The average molecular weight is 286 g/mol. The van der Waals surface area contributed by atoms with Crippen LogP contribution >= 0.6 is 11.6 Å². The molecule has 1 heterocycles. The van der Waals surface area contributed by atoms with Crippen molar-refractivity contribution in [2.45, 2.75) is 46.0 Å². The zero-order valence-electron chi connectivity index (χ0n) is 11.9. The predicted octanol–water partition coefficient (Wildman–Crippen LogP) is 3.78. The van der Waals surface area contributed by atoms with Crippen LogP contribution in [0.15, 0.2) is 6.07 Å². The van der Waals surface area contributed by atoms with Gasteiger partial charge in [0, 0.05) is 24.2 Å². The maximum atomic E-state index is 5.64. The topological polar surface area (TPSA) is 47.0 Å². The molecule has 5 heteroatoms. The van der Waals surface area contributed by atoms with Crippen molar-refractivity contribution >= 4 is 17.5 Å². The minimum absolute atomic E-state index is 0.652. The van der Waals surface area contributed by atoms with Crippen LogP contribution in [0.1, 0.15) is 44.7 Å². The molecule has 0 aliphatic heterocycles. The van der Waals surface area contributed by atoms with Gasteiger partial charge >= 0.3 is 0 Å². The monoisotopic (exact) mass is 285 g/mol. The summed E-state index contributed by atoms with van der Waals surface area (Å²) < 4.78 is 5.53. The molecule has 1 aromatic heterocycles. The number of nitrogens with zero attached hydrogens (tertiary/aromatic N) is 2. The second-order valence-electron chi connectivity index (χ2n) is 4.55. The van der Waals surface area contributed by atoms with Crippen molar-refractivity contribution in [1.29, 1.82) is 0 Å². The standard InChI is InChI=1S/C14H24ClN3O/c1-3-10-19-13-11-12(2)17-14(18-13)16-9-7-5-4-6-8-15/h11H,3-10H2,1-2H3,(H,16,17,18). The number of rotatable bonds is 10. The molecule has 0 saturated carbocycles. The Morgan fingerprint density at radius 3 is 2.74 bits per heavy atom. The van der Waals surface area contributed by atoms with Gasteiger partial charge in [-0.1, -0.05) is 19.8 Å². The smallest absolute Gasteiger partial charge is 0.226 e. The summed E-state index contributed by atoms with van der Waals surface area (Å²) in [4.78, 5) is 8.69. The van der Waals surface area contributed by atoms with E-state index in [9.17, 15) is 0 Å². The maximum Gasteiger partial charge on any atom is 0.226 e. The number of aromatic nitrogens is 2. The van der Waals surface area contributed by atoms with E-state index in [1.165, 1.54) is 12.8 Å². The molecule has 19 heavy (non-hydrogen) atoms. The van der Waals surface area contributed by atoms with Crippen LogP contribution < -0.4 is 10.1 Å². The van der Waals surface area contributed by atoms with Crippen LogP contribution in [0, 0.1) is 6.92 Å². The van der Waals surface area contributed by atoms with E-state index in [0.717, 1.165) is 37.4 Å². The van der Waals surface area contributed by atoms with Crippen molar-refractivity contribution in [3.63, 3.8) is 0 Å². The lowest BCUT2D eigenvalue weighted by Gasteiger charge is -2.08. The van der Waals surface area contributed by atoms with Gasteiger partial charge in [0.1, 0.15) is 0 Å². The fraction of sp³-hybridized carbons (Fsp3) is 0.714. The van der Waals surface area contributed by atoms with Crippen LogP contribution in [0.25, 0.3) is 0 Å². The van der Waals surface area contributed by atoms with Gasteiger partial charge in [0.25, 0.3) is 0 Å². The van der Waals surface area contributed by atoms with E-state index >= 15 is 0 Å². The normalized spacial score (nSPS) is 10.5. The molecule has 0 aromatic carbocycles. The molecular weight excluding hydrogens is 262 g/mol. The number of unbranched alkanes of at least 4 members (excludes halogenated alkanes) is 3. The molecule has 0 saturated heterocycles. The van der Waals surface area contributed by atoms with Gasteiger partial charge in [-0.3, -0.25) is 0 Å². The van der Waals surface area contributed by atoms with E-state index < -0.39 is 0 Å². The van der Waals surface area contributed by atoms with E-state index in [0.29, 0.717) is 18.4 Å². The Morgan fingerprint density at radius 2 is 2.00 bits per heavy atom. The second-order valence-corrected chi connectivity index (χ2v) is 4.93. The van der Waals surface area contributed by atoms with E-state index in [1.807, 2.05) is 13.0 Å². The Hall–Kier alpha value is -1.03. The van der Waals surface area contributed by atoms with Gasteiger partial charge in [-0.05, 0) is 26.2 Å². The van der Waals surface area contributed by atoms with E-state index in [2.05, 4.69) is 22.2 Å². The SMILES string of the molecule is CCCOc1cc(C)nc(NCCCCCCCl)n1. The van der Waals surface area contributed by atoms with Crippen molar-refractivity contribution in [2.24, 2.45) is 0 Å². The summed E-state index contributed by atoms with van der Waals surface area (Å²) in [5, 5.41) is 3.24. The summed E-state index contributed by atoms with van der Waals surface area (Å²) in [6.45, 7) is 5.60. The lowest BCUT2D eigenvalue weighted by Crippen LogP contribution is -2.08. The summed E-state index contributed by atoms with van der Waals surface area (Å²) >= 11 is 5.64. The molecule has 1 N–H and O–H groups in total. The highest BCUT2D eigenvalue weighted by atomic mass is 35.5. The van der Waals surface area contributed by atoms with Gasteiger partial charge in [-0.2, -0.15) is 4.98 Å². The van der Waals surface area contributed by atoms with Gasteiger partial charge in [0.05, 0.1) is 6.61 Å². The van der Waals surface area contributed by atoms with Crippen molar-refractivity contribution in [2.75, 3.05) is 24.3 Å². The lowest BCUT2D eigenvalue weighted by atomic mass is 10.2. The molecule has 0 atom stereocenters. The summed E-state index contributed by atoms with van der Waals surface area (Å²) in [5.74, 6) is 2.06. The maximum absolute atomic E-state index is 5.64. The third kappa shape index (κ3) is 7.21. The first-order chi connectivity index (χ1) is 9.26. The van der Waals surface area contributed by atoms with Gasteiger partial charge in [-0.15, -0.1) is 11.6 Å². The zero-order chi connectivity index (χ0) is 13.9.